The van der Waals surface area contributed by atoms with Gasteiger partial charge in [0, 0.05) is 20.5 Å². The Balaban J connectivity index is 2.87. The van der Waals surface area contributed by atoms with Crippen molar-refractivity contribution in [2.24, 2.45) is 7.05 Å². The number of amides is 1. The summed E-state index contributed by atoms with van der Waals surface area (Å²) in [6, 6.07) is -0.569. The average molecular weight is 269 g/mol. The Kier molecular flexibility index (Phi) is 4.85. The lowest BCUT2D eigenvalue weighted by Gasteiger charge is -2.14. The number of hydrogen-bond acceptors (Lipinski definition) is 5. The highest BCUT2D eigenvalue weighted by molar-refractivity contribution is 5.84. The molecule has 0 bridgehead atoms. The van der Waals surface area contributed by atoms with Gasteiger partial charge in [0.15, 0.2) is 0 Å². The van der Waals surface area contributed by atoms with E-state index in [1.807, 2.05) is 6.92 Å². The van der Waals surface area contributed by atoms with Crippen LogP contribution in [0.25, 0.3) is 0 Å². The zero-order chi connectivity index (χ0) is 14.6. The number of anilines is 1. The Morgan fingerprint density at radius 3 is 2.74 bits per heavy atom. The van der Waals surface area contributed by atoms with E-state index in [9.17, 15) is 14.9 Å². The molecule has 106 valence electrons. The largest absolute Gasteiger partial charge is 0.406 e. The smallest absolute Gasteiger partial charge is 0.358 e. The number of rotatable bonds is 6. The summed E-state index contributed by atoms with van der Waals surface area (Å²) in [6.07, 6.45) is 0.837. The molecule has 1 unspecified atom stereocenters. The summed E-state index contributed by atoms with van der Waals surface area (Å²) in [7, 11) is 1.66. The summed E-state index contributed by atoms with van der Waals surface area (Å²) >= 11 is 0. The molecular formula is C11H19N5O3. The molecular weight excluding hydrogens is 250 g/mol. The number of imidazole rings is 1. The first kappa shape index (κ1) is 14.9. The van der Waals surface area contributed by atoms with Gasteiger partial charge in [0.05, 0.1) is 0 Å². The minimum atomic E-state index is -0.569. The van der Waals surface area contributed by atoms with Crippen LogP contribution in [0.1, 0.15) is 26.1 Å². The number of nitrogens with one attached hydrogen (secondary N) is 2. The fraction of sp³-hybridized carbons (Fsp3) is 0.636. The van der Waals surface area contributed by atoms with Crippen LogP contribution >= 0.6 is 0 Å². The molecule has 1 atom stereocenters. The van der Waals surface area contributed by atoms with E-state index in [0.717, 1.165) is 6.42 Å². The van der Waals surface area contributed by atoms with Gasteiger partial charge in [-0.05, 0) is 23.3 Å². The van der Waals surface area contributed by atoms with Gasteiger partial charge < -0.3 is 20.7 Å². The molecule has 2 N–H and O–H groups in total. The average Bonchev–Trinajstić information content (AvgIpc) is 2.64. The van der Waals surface area contributed by atoms with Crippen LogP contribution < -0.4 is 10.6 Å². The highest BCUT2D eigenvalue weighted by Gasteiger charge is 2.26. The van der Waals surface area contributed by atoms with Crippen molar-refractivity contribution in [3.8, 4) is 0 Å². The molecule has 0 aliphatic heterocycles. The number of aryl methyl sites for hydroxylation is 1. The Labute approximate surface area is 111 Å². The van der Waals surface area contributed by atoms with E-state index in [2.05, 4.69) is 15.6 Å². The topological polar surface area (TPSA) is 102 Å². The third kappa shape index (κ3) is 3.43. The number of nitro groups is 1. The third-order valence-corrected chi connectivity index (χ3v) is 2.77. The minimum absolute atomic E-state index is 0.199. The first-order valence-electron chi connectivity index (χ1n) is 6.10. The second-order valence-electron chi connectivity index (χ2n) is 4.30. The fourth-order valence-electron chi connectivity index (χ4n) is 1.55. The highest BCUT2D eigenvalue weighted by atomic mass is 16.6. The van der Waals surface area contributed by atoms with Crippen molar-refractivity contribution in [1.29, 1.82) is 0 Å². The van der Waals surface area contributed by atoms with E-state index in [1.54, 1.807) is 25.5 Å². The number of nitrogens with zero attached hydrogens (tertiary/aromatic N) is 3. The van der Waals surface area contributed by atoms with Crippen molar-refractivity contribution in [3.63, 3.8) is 0 Å². The summed E-state index contributed by atoms with van der Waals surface area (Å²) < 4.78 is 1.56. The maximum absolute atomic E-state index is 11.7. The first-order valence-corrected chi connectivity index (χ1v) is 6.10. The van der Waals surface area contributed by atoms with E-state index in [1.165, 1.54) is 0 Å². The molecule has 0 fully saturated rings. The van der Waals surface area contributed by atoms with Crippen LogP contribution in [0.3, 0.4) is 0 Å². The molecule has 1 aromatic rings. The molecule has 0 aliphatic rings. The molecule has 8 nitrogen and oxygen atoms in total. The van der Waals surface area contributed by atoms with Crippen LogP contribution in [0.2, 0.25) is 0 Å². The summed E-state index contributed by atoms with van der Waals surface area (Å²) in [4.78, 5) is 25.9. The summed E-state index contributed by atoms with van der Waals surface area (Å²) in [5, 5.41) is 16.5. The lowest BCUT2D eigenvalue weighted by molar-refractivity contribution is -0.388. The second kappa shape index (κ2) is 6.17. The SMILES string of the molecule is CCCNC(=O)C(C)Nc1c([N+](=O)[O-])nc(C)n1C. The van der Waals surface area contributed by atoms with E-state index >= 15 is 0 Å². The van der Waals surface area contributed by atoms with Crippen molar-refractivity contribution < 1.29 is 9.72 Å². The van der Waals surface area contributed by atoms with Crippen molar-refractivity contribution in [1.82, 2.24) is 14.9 Å². The molecule has 0 radical (unpaired) electrons. The van der Waals surface area contributed by atoms with Gasteiger partial charge in [0.1, 0.15) is 6.04 Å². The quantitative estimate of drug-likeness (QED) is 0.591. The Hall–Kier alpha value is -2.12. The predicted molar refractivity (Wildman–Crippen MR) is 71.0 cm³/mol. The second-order valence-corrected chi connectivity index (χ2v) is 4.30. The van der Waals surface area contributed by atoms with Crippen LogP contribution in [0.15, 0.2) is 0 Å². The van der Waals surface area contributed by atoms with Gasteiger partial charge in [-0.25, -0.2) is 0 Å². The van der Waals surface area contributed by atoms with Crippen LogP contribution in [0.4, 0.5) is 11.6 Å². The molecule has 0 aliphatic carbocycles. The molecule has 1 rings (SSSR count). The van der Waals surface area contributed by atoms with Crippen molar-refractivity contribution >= 4 is 17.5 Å². The Bertz CT molecular complexity index is 483. The van der Waals surface area contributed by atoms with E-state index in [0.29, 0.717) is 12.4 Å². The van der Waals surface area contributed by atoms with Gasteiger partial charge in [-0.3, -0.25) is 9.36 Å². The number of hydrogen-bond donors (Lipinski definition) is 2. The number of carbonyl (C=O) groups excluding carboxylic acids is 1. The minimum Gasteiger partial charge on any atom is -0.358 e. The zero-order valence-electron chi connectivity index (χ0n) is 11.6. The molecule has 1 amide bonds. The highest BCUT2D eigenvalue weighted by Crippen LogP contribution is 2.24. The van der Waals surface area contributed by atoms with E-state index < -0.39 is 11.0 Å². The zero-order valence-corrected chi connectivity index (χ0v) is 11.6. The van der Waals surface area contributed by atoms with Gasteiger partial charge in [0.25, 0.3) is 0 Å². The van der Waals surface area contributed by atoms with Gasteiger partial charge in [-0.1, -0.05) is 6.92 Å². The summed E-state index contributed by atoms with van der Waals surface area (Å²) in [5.41, 5.74) is 0. The standard InChI is InChI=1S/C11H19N5O3/c1-5-6-12-11(17)7(2)13-9-10(16(18)19)14-8(3)15(9)4/h7,13H,5-6H2,1-4H3,(H,12,17). The first-order chi connectivity index (χ1) is 8.88. The van der Waals surface area contributed by atoms with Crippen LogP contribution in [-0.4, -0.2) is 33.0 Å². The van der Waals surface area contributed by atoms with Crippen LogP contribution in [0, 0.1) is 17.0 Å². The lowest BCUT2D eigenvalue weighted by atomic mass is 10.3. The van der Waals surface area contributed by atoms with Gasteiger partial charge in [-0.15, -0.1) is 0 Å². The predicted octanol–water partition coefficient (Wildman–Crippen LogP) is 0.963. The summed E-state index contributed by atoms with van der Waals surface area (Å²) in [6.45, 7) is 5.85. The van der Waals surface area contributed by atoms with Crippen molar-refractivity contribution in [2.45, 2.75) is 33.2 Å². The molecule has 1 aromatic heterocycles. The van der Waals surface area contributed by atoms with Crippen LogP contribution in [0.5, 0.6) is 0 Å². The van der Waals surface area contributed by atoms with Gasteiger partial charge >= 0.3 is 5.82 Å². The Morgan fingerprint density at radius 1 is 1.58 bits per heavy atom. The number of aromatic nitrogens is 2. The van der Waals surface area contributed by atoms with Crippen molar-refractivity contribution in [3.05, 3.63) is 15.9 Å². The van der Waals surface area contributed by atoms with Crippen LogP contribution in [-0.2, 0) is 11.8 Å². The third-order valence-electron chi connectivity index (χ3n) is 2.77. The van der Waals surface area contributed by atoms with Gasteiger partial charge in [-0.2, -0.15) is 0 Å². The van der Waals surface area contributed by atoms with Crippen molar-refractivity contribution in [2.75, 3.05) is 11.9 Å². The maximum Gasteiger partial charge on any atom is 0.406 e. The fourth-order valence-corrected chi connectivity index (χ4v) is 1.55. The summed E-state index contributed by atoms with van der Waals surface area (Å²) in [5.74, 6) is 0.280. The molecule has 8 heteroatoms. The molecule has 0 spiro atoms. The normalized spacial score (nSPS) is 12.0. The molecule has 19 heavy (non-hydrogen) atoms. The molecule has 0 saturated heterocycles. The monoisotopic (exact) mass is 269 g/mol. The maximum atomic E-state index is 11.7. The van der Waals surface area contributed by atoms with E-state index in [4.69, 9.17) is 0 Å². The molecule has 1 heterocycles. The van der Waals surface area contributed by atoms with E-state index in [-0.39, 0.29) is 17.5 Å². The lowest BCUT2D eigenvalue weighted by Crippen LogP contribution is -2.38. The number of carbonyl (C=O) groups is 1. The molecule has 0 saturated carbocycles. The molecule has 0 aromatic carbocycles. The van der Waals surface area contributed by atoms with Gasteiger partial charge in [0.2, 0.25) is 17.5 Å². The Morgan fingerprint density at radius 2 is 2.21 bits per heavy atom.